The minimum Gasteiger partial charge on any atom is -0.345 e. The average Bonchev–Trinajstić information content (AvgIpc) is 3.49. The van der Waals surface area contributed by atoms with Crippen molar-refractivity contribution >= 4 is 33.0 Å². The second-order valence-corrected chi connectivity index (χ2v) is 11.5. The second kappa shape index (κ2) is 8.95. The predicted molar refractivity (Wildman–Crippen MR) is 132 cm³/mol. The Bertz CT molecular complexity index is 1280. The molecule has 7 nitrogen and oxygen atoms in total. The van der Waals surface area contributed by atoms with Crippen LogP contribution >= 0.6 is 11.3 Å². The number of likely N-dealkylation sites (tertiary alicyclic amines) is 1. The Kier molecular flexibility index (Phi) is 6.37. The number of benzene rings is 1. The third-order valence-corrected chi connectivity index (χ3v) is 8.88. The number of aryl methyl sites for hydroxylation is 1. The Morgan fingerprint density at radius 2 is 1.76 bits per heavy atom. The summed E-state index contributed by atoms with van der Waals surface area (Å²) in [6.07, 6.45) is 2.06. The van der Waals surface area contributed by atoms with Gasteiger partial charge in [-0.2, -0.15) is 0 Å². The highest BCUT2D eigenvalue weighted by molar-refractivity contribution is 7.92. The molecule has 1 fully saturated rings. The molecule has 0 aliphatic carbocycles. The fourth-order valence-corrected chi connectivity index (χ4v) is 6.50. The molecule has 176 valence electrons. The third-order valence-electron chi connectivity index (χ3n) is 6.21. The van der Waals surface area contributed by atoms with Crippen molar-refractivity contribution in [3.05, 3.63) is 52.2 Å². The van der Waals surface area contributed by atoms with Crippen LogP contribution in [0.25, 0.3) is 10.7 Å². The summed E-state index contributed by atoms with van der Waals surface area (Å²) in [6, 6.07) is 9.08. The molecule has 3 heterocycles. The van der Waals surface area contributed by atoms with Gasteiger partial charge in [-0.3, -0.25) is 9.52 Å². The highest BCUT2D eigenvalue weighted by Crippen LogP contribution is 2.34. The van der Waals surface area contributed by atoms with E-state index in [-0.39, 0.29) is 10.8 Å². The number of aromatic nitrogens is 2. The smallest absolute Gasteiger partial charge is 0.265 e. The maximum Gasteiger partial charge on any atom is 0.265 e. The summed E-state index contributed by atoms with van der Waals surface area (Å²) in [5.74, 6) is 0.387. The van der Waals surface area contributed by atoms with E-state index in [0.29, 0.717) is 38.6 Å². The molecule has 0 spiro atoms. The first-order valence-corrected chi connectivity index (χ1v) is 13.4. The van der Waals surface area contributed by atoms with Gasteiger partial charge >= 0.3 is 0 Å². The Balaban J connectivity index is 1.64. The van der Waals surface area contributed by atoms with Crippen molar-refractivity contribution in [2.75, 3.05) is 17.8 Å². The summed E-state index contributed by atoms with van der Waals surface area (Å²) in [7, 11) is -1.97. The van der Waals surface area contributed by atoms with Gasteiger partial charge in [-0.1, -0.05) is 26.0 Å². The number of nitrogens with one attached hydrogen (secondary N) is 1. The van der Waals surface area contributed by atoms with E-state index in [1.165, 1.54) is 11.3 Å². The monoisotopic (exact) mass is 486 g/mol. The van der Waals surface area contributed by atoms with Crippen molar-refractivity contribution < 1.29 is 13.2 Å². The number of sulfonamides is 1. The van der Waals surface area contributed by atoms with Crippen LogP contribution in [0.2, 0.25) is 0 Å². The number of rotatable bonds is 6. The average molecular weight is 487 g/mol. The van der Waals surface area contributed by atoms with E-state index in [0.717, 1.165) is 31.5 Å². The lowest BCUT2D eigenvalue weighted by molar-refractivity contribution is 0.0796. The zero-order valence-corrected chi connectivity index (χ0v) is 21.3. The van der Waals surface area contributed by atoms with Gasteiger partial charge in [-0.25, -0.2) is 13.4 Å². The van der Waals surface area contributed by atoms with Gasteiger partial charge < -0.3 is 9.47 Å². The Morgan fingerprint density at radius 3 is 2.36 bits per heavy atom. The van der Waals surface area contributed by atoms with Crippen molar-refractivity contribution in [3.8, 4) is 10.7 Å². The fraction of sp³-hybridized carbons (Fsp3) is 0.417. The van der Waals surface area contributed by atoms with E-state index in [4.69, 9.17) is 0 Å². The highest BCUT2D eigenvalue weighted by Gasteiger charge is 2.27. The molecule has 1 aromatic carbocycles. The number of carbonyl (C=O) groups is 1. The molecule has 3 aromatic rings. The minimum absolute atomic E-state index is 0.0130. The van der Waals surface area contributed by atoms with Gasteiger partial charge in [-0.15, -0.1) is 11.3 Å². The molecule has 1 aliphatic rings. The lowest BCUT2D eigenvalue weighted by atomic mass is 10.0. The van der Waals surface area contributed by atoms with Gasteiger partial charge in [0, 0.05) is 31.5 Å². The van der Waals surface area contributed by atoms with Crippen molar-refractivity contribution in [2.24, 2.45) is 7.05 Å². The standard InChI is InChI=1S/C24H30N4O3S2/c1-15(2)18-8-10-19(11-9-18)26-33(30,31)21-14-20(27(5)17(21)4)23-25-16(3)22(32-23)24(29)28-12-6-7-13-28/h8-11,14-15,26H,6-7,12-13H2,1-5H3. The van der Waals surface area contributed by atoms with Crippen LogP contribution in [0.5, 0.6) is 0 Å². The zero-order valence-electron chi connectivity index (χ0n) is 19.7. The van der Waals surface area contributed by atoms with Crippen LogP contribution in [0.1, 0.15) is 59.2 Å². The molecular formula is C24H30N4O3S2. The van der Waals surface area contributed by atoms with E-state index >= 15 is 0 Å². The largest absolute Gasteiger partial charge is 0.345 e. The van der Waals surface area contributed by atoms with Crippen molar-refractivity contribution in [1.29, 1.82) is 0 Å². The number of hydrogen-bond acceptors (Lipinski definition) is 5. The Morgan fingerprint density at radius 1 is 1.12 bits per heavy atom. The number of anilines is 1. The molecule has 2 aromatic heterocycles. The minimum atomic E-state index is -3.79. The van der Waals surface area contributed by atoms with Gasteiger partial charge in [-0.05, 0) is 56.4 Å². The van der Waals surface area contributed by atoms with Gasteiger partial charge in [0.1, 0.15) is 14.8 Å². The Labute approximate surface area is 199 Å². The van der Waals surface area contributed by atoms with Gasteiger partial charge in [0.05, 0.1) is 11.4 Å². The van der Waals surface area contributed by atoms with Crippen molar-refractivity contribution in [3.63, 3.8) is 0 Å². The van der Waals surface area contributed by atoms with Crippen LogP contribution in [0.15, 0.2) is 35.2 Å². The summed E-state index contributed by atoms with van der Waals surface area (Å²) in [4.78, 5) is 20.2. The number of thiazole rings is 1. The first kappa shape index (κ1) is 23.5. The summed E-state index contributed by atoms with van der Waals surface area (Å²) in [5, 5.41) is 0.642. The molecule has 1 amide bonds. The number of nitrogens with zero attached hydrogens (tertiary/aromatic N) is 3. The zero-order chi connectivity index (χ0) is 23.9. The van der Waals surface area contributed by atoms with Crippen molar-refractivity contribution in [1.82, 2.24) is 14.5 Å². The first-order chi connectivity index (χ1) is 15.6. The summed E-state index contributed by atoms with van der Waals surface area (Å²) < 4.78 is 30.9. The fourth-order valence-electron chi connectivity index (χ4n) is 4.06. The molecule has 1 aliphatic heterocycles. The quantitative estimate of drug-likeness (QED) is 0.536. The number of amides is 1. The lowest BCUT2D eigenvalue weighted by Gasteiger charge is -2.13. The van der Waals surface area contributed by atoms with E-state index in [2.05, 4.69) is 23.6 Å². The first-order valence-electron chi connectivity index (χ1n) is 11.1. The van der Waals surface area contributed by atoms with Crippen molar-refractivity contribution in [2.45, 2.75) is 51.3 Å². The van der Waals surface area contributed by atoms with E-state index in [1.54, 1.807) is 25.1 Å². The molecule has 9 heteroatoms. The molecule has 1 saturated heterocycles. The van der Waals surface area contributed by atoms with E-state index < -0.39 is 10.0 Å². The molecular weight excluding hydrogens is 456 g/mol. The van der Waals surface area contributed by atoms with E-state index in [1.807, 2.05) is 35.6 Å². The van der Waals surface area contributed by atoms with Crippen LogP contribution < -0.4 is 4.72 Å². The highest BCUT2D eigenvalue weighted by atomic mass is 32.2. The molecule has 0 unspecified atom stereocenters. The number of carbonyl (C=O) groups excluding carboxylic acids is 1. The molecule has 0 radical (unpaired) electrons. The van der Waals surface area contributed by atoms with Crippen LogP contribution in [0.3, 0.4) is 0 Å². The van der Waals surface area contributed by atoms with Crippen LogP contribution in [-0.2, 0) is 17.1 Å². The molecule has 0 bridgehead atoms. The van der Waals surface area contributed by atoms with Gasteiger partial charge in [0.15, 0.2) is 0 Å². The van der Waals surface area contributed by atoms with Crippen LogP contribution in [0.4, 0.5) is 5.69 Å². The van der Waals surface area contributed by atoms with Gasteiger partial charge in [0.25, 0.3) is 15.9 Å². The molecule has 1 N–H and O–H groups in total. The SMILES string of the molecule is Cc1nc(-c2cc(S(=O)(=O)Nc3ccc(C(C)C)cc3)c(C)n2C)sc1C(=O)N1CCCC1. The Hall–Kier alpha value is -2.65. The topological polar surface area (TPSA) is 84.3 Å². The number of hydrogen-bond donors (Lipinski definition) is 1. The molecule has 33 heavy (non-hydrogen) atoms. The predicted octanol–water partition coefficient (Wildman–Crippen LogP) is 4.93. The maximum absolute atomic E-state index is 13.2. The summed E-state index contributed by atoms with van der Waals surface area (Å²) in [6.45, 7) is 9.36. The molecule has 4 rings (SSSR count). The molecule has 0 atom stereocenters. The third kappa shape index (κ3) is 4.56. The second-order valence-electron chi connectivity index (χ2n) is 8.85. The maximum atomic E-state index is 13.2. The van der Waals surface area contributed by atoms with Crippen LogP contribution in [0, 0.1) is 13.8 Å². The van der Waals surface area contributed by atoms with Gasteiger partial charge in [0.2, 0.25) is 0 Å². The molecule has 0 saturated carbocycles. The summed E-state index contributed by atoms with van der Waals surface area (Å²) >= 11 is 1.32. The van der Waals surface area contributed by atoms with Crippen LogP contribution in [-0.4, -0.2) is 41.9 Å². The van der Waals surface area contributed by atoms with E-state index in [9.17, 15) is 13.2 Å². The normalized spacial score (nSPS) is 14.3. The summed E-state index contributed by atoms with van der Waals surface area (Å²) in [5.41, 5.74) is 3.63. The lowest BCUT2D eigenvalue weighted by Crippen LogP contribution is -2.27.